The van der Waals surface area contributed by atoms with E-state index in [1.165, 1.54) is 12.3 Å². The molecule has 0 fully saturated rings. The second-order valence-electron chi connectivity index (χ2n) is 4.32. The van der Waals surface area contributed by atoms with E-state index in [1.807, 2.05) is 0 Å². The summed E-state index contributed by atoms with van der Waals surface area (Å²) < 4.78 is 5.18. The third-order valence-electron chi connectivity index (χ3n) is 2.74. The van der Waals surface area contributed by atoms with E-state index in [0.717, 1.165) is 0 Å². The second kappa shape index (κ2) is 6.01. The van der Waals surface area contributed by atoms with Crippen LogP contribution < -0.4 is 4.74 Å². The first kappa shape index (κ1) is 15.8. The maximum Gasteiger partial charge on any atom is 0.325 e. The Labute approximate surface area is 127 Å². The third kappa shape index (κ3) is 3.34. The monoisotopic (exact) mass is 320 g/mol. The van der Waals surface area contributed by atoms with Gasteiger partial charge in [0.1, 0.15) is 5.75 Å². The molecule has 2 aromatic rings. The van der Waals surface area contributed by atoms with Crippen LogP contribution in [0.5, 0.6) is 11.5 Å². The van der Waals surface area contributed by atoms with Gasteiger partial charge in [-0.2, -0.15) is 0 Å². The normalized spacial score (nSPS) is 10.1. The summed E-state index contributed by atoms with van der Waals surface area (Å²) in [6.45, 7) is 1.69. The predicted octanol–water partition coefficient (Wildman–Crippen LogP) is 2.91. The van der Waals surface area contributed by atoms with E-state index in [0.29, 0.717) is 17.8 Å². The zero-order valence-electron chi connectivity index (χ0n) is 11.5. The van der Waals surface area contributed by atoms with E-state index >= 15 is 0 Å². The van der Waals surface area contributed by atoms with E-state index in [2.05, 4.69) is 4.98 Å². The van der Waals surface area contributed by atoms with Gasteiger partial charge in [0.25, 0.3) is 11.4 Å². The number of hydrogen-bond acceptors (Lipinski definition) is 8. The maximum atomic E-state index is 11.1. The van der Waals surface area contributed by atoms with Gasteiger partial charge in [0.05, 0.1) is 33.1 Å². The molecule has 0 saturated heterocycles. The average Bonchev–Trinajstić information content (AvgIpc) is 2.48. The minimum Gasteiger partial charge on any atom is -0.443 e. The zero-order chi connectivity index (χ0) is 17.1. The number of non-ortho nitro benzene ring substituents is 1. The first-order valence-electron chi connectivity index (χ1n) is 6.01. The molecule has 0 N–H and O–H groups in total. The van der Waals surface area contributed by atoms with Gasteiger partial charge in [0.15, 0.2) is 0 Å². The SMILES string of the molecule is Cc1ccc(Oc2c([N+](=O)[O-])cc([N+](=O)[O-])cc2[N+](=O)[O-])cn1. The summed E-state index contributed by atoms with van der Waals surface area (Å²) in [5, 5.41) is 32.9. The third-order valence-corrected chi connectivity index (χ3v) is 2.74. The summed E-state index contributed by atoms with van der Waals surface area (Å²) in [5.41, 5.74) is -1.90. The fraction of sp³-hybridized carbons (Fsp3) is 0.0833. The molecule has 0 unspecified atom stereocenters. The van der Waals surface area contributed by atoms with E-state index in [4.69, 9.17) is 4.74 Å². The van der Waals surface area contributed by atoms with Crippen LogP contribution in [0.2, 0.25) is 0 Å². The molecular formula is C12H8N4O7. The number of aryl methyl sites for hydroxylation is 1. The van der Waals surface area contributed by atoms with Gasteiger partial charge in [0, 0.05) is 5.69 Å². The highest BCUT2D eigenvalue weighted by atomic mass is 16.6. The van der Waals surface area contributed by atoms with Gasteiger partial charge in [-0.25, -0.2) is 0 Å². The van der Waals surface area contributed by atoms with Crippen molar-refractivity contribution in [2.75, 3.05) is 0 Å². The molecule has 2 rings (SSSR count). The fourth-order valence-electron chi connectivity index (χ4n) is 1.70. The average molecular weight is 320 g/mol. The highest BCUT2D eigenvalue weighted by molar-refractivity contribution is 5.66. The molecule has 0 aliphatic carbocycles. The number of aromatic nitrogens is 1. The number of benzene rings is 1. The first-order valence-corrected chi connectivity index (χ1v) is 6.01. The molecule has 0 radical (unpaired) electrons. The minimum atomic E-state index is -0.989. The van der Waals surface area contributed by atoms with Gasteiger partial charge >= 0.3 is 11.4 Å². The summed E-state index contributed by atoms with van der Waals surface area (Å²) >= 11 is 0. The standard InChI is InChI=1S/C12H8N4O7/c1-7-2-3-9(6-13-7)23-12-10(15(19)20)4-8(14(17)18)5-11(12)16(21)22/h2-6H,1H3. The van der Waals surface area contributed by atoms with E-state index < -0.39 is 37.6 Å². The topological polar surface area (TPSA) is 152 Å². The van der Waals surface area contributed by atoms with Gasteiger partial charge in [-0.1, -0.05) is 0 Å². The Balaban J connectivity index is 2.63. The van der Waals surface area contributed by atoms with Gasteiger partial charge in [0.2, 0.25) is 0 Å². The van der Waals surface area contributed by atoms with Crippen molar-refractivity contribution in [2.24, 2.45) is 0 Å². The van der Waals surface area contributed by atoms with Crippen LogP contribution in [0, 0.1) is 37.3 Å². The number of nitro groups is 3. The molecule has 0 atom stereocenters. The lowest BCUT2D eigenvalue weighted by atomic mass is 10.2. The van der Waals surface area contributed by atoms with Crippen LogP contribution in [-0.4, -0.2) is 19.8 Å². The number of rotatable bonds is 5. The lowest BCUT2D eigenvalue weighted by molar-refractivity contribution is -0.404. The molecule has 0 aliphatic rings. The van der Waals surface area contributed by atoms with Gasteiger partial charge < -0.3 is 4.74 Å². The van der Waals surface area contributed by atoms with Crippen molar-refractivity contribution in [1.29, 1.82) is 0 Å². The van der Waals surface area contributed by atoms with Crippen LogP contribution in [0.4, 0.5) is 17.1 Å². The smallest absolute Gasteiger partial charge is 0.325 e. The van der Waals surface area contributed by atoms with Crippen LogP contribution >= 0.6 is 0 Å². The van der Waals surface area contributed by atoms with E-state index in [9.17, 15) is 30.3 Å². The highest BCUT2D eigenvalue weighted by Gasteiger charge is 2.32. The van der Waals surface area contributed by atoms with Gasteiger partial charge in [-0.3, -0.25) is 35.3 Å². The Morgan fingerprint density at radius 1 is 0.957 bits per heavy atom. The Hall–Kier alpha value is -3.63. The minimum absolute atomic E-state index is 0.0238. The van der Waals surface area contributed by atoms with Crippen molar-refractivity contribution in [3.8, 4) is 11.5 Å². The summed E-state index contributed by atoms with van der Waals surface area (Å²) in [6, 6.07) is 4.16. The van der Waals surface area contributed by atoms with Crippen LogP contribution in [0.15, 0.2) is 30.5 Å². The molecule has 0 aliphatic heterocycles. The Morgan fingerprint density at radius 3 is 1.91 bits per heavy atom. The molecule has 0 amide bonds. The lowest BCUT2D eigenvalue weighted by Crippen LogP contribution is -2.01. The number of nitro benzene ring substituents is 3. The van der Waals surface area contributed by atoms with E-state index in [1.54, 1.807) is 13.0 Å². The number of pyridine rings is 1. The Kier molecular flexibility index (Phi) is 4.12. The largest absolute Gasteiger partial charge is 0.443 e. The Morgan fingerprint density at radius 2 is 1.52 bits per heavy atom. The number of ether oxygens (including phenoxy) is 1. The fourth-order valence-corrected chi connectivity index (χ4v) is 1.70. The molecule has 0 spiro atoms. The number of hydrogen-bond donors (Lipinski definition) is 0. The second-order valence-corrected chi connectivity index (χ2v) is 4.32. The molecule has 1 aromatic carbocycles. The molecule has 0 saturated carbocycles. The molecule has 118 valence electrons. The maximum absolute atomic E-state index is 11.1. The number of nitrogens with zero attached hydrogens (tertiary/aromatic N) is 4. The molecule has 11 nitrogen and oxygen atoms in total. The lowest BCUT2D eigenvalue weighted by Gasteiger charge is -2.07. The molecule has 23 heavy (non-hydrogen) atoms. The van der Waals surface area contributed by atoms with Crippen LogP contribution in [-0.2, 0) is 0 Å². The predicted molar refractivity (Wildman–Crippen MR) is 75.5 cm³/mol. The first-order chi connectivity index (χ1) is 10.8. The van der Waals surface area contributed by atoms with Crippen molar-refractivity contribution < 1.29 is 19.5 Å². The van der Waals surface area contributed by atoms with Crippen molar-refractivity contribution in [3.63, 3.8) is 0 Å². The summed E-state index contributed by atoms with van der Waals surface area (Å²) in [5.74, 6) is -0.674. The summed E-state index contributed by atoms with van der Waals surface area (Å²) in [7, 11) is 0. The molecule has 0 bridgehead atoms. The van der Waals surface area contributed by atoms with Crippen LogP contribution in [0.1, 0.15) is 5.69 Å². The van der Waals surface area contributed by atoms with E-state index in [-0.39, 0.29) is 5.75 Å². The quantitative estimate of drug-likeness (QED) is 0.602. The van der Waals surface area contributed by atoms with Crippen LogP contribution in [0.25, 0.3) is 0 Å². The van der Waals surface area contributed by atoms with Crippen molar-refractivity contribution >= 4 is 17.1 Å². The van der Waals surface area contributed by atoms with Crippen molar-refractivity contribution in [3.05, 3.63) is 66.5 Å². The van der Waals surface area contributed by atoms with Crippen molar-refractivity contribution in [1.82, 2.24) is 4.98 Å². The molecular weight excluding hydrogens is 312 g/mol. The van der Waals surface area contributed by atoms with Crippen LogP contribution in [0.3, 0.4) is 0 Å². The van der Waals surface area contributed by atoms with Gasteiger partial charge in [-0.15, -0.1) is 0 Å². The Bertz CT molecular complexity index is 769. The highest BCUT2D eigenvalue weighted by Crippen LogP contribution is 2.42. The molecule has 1 heterocycles. The van der Waals surface area contributed by atoms with Gasteiger partial charge in [-0.05, 0) is 19.1 Å². The summed E-state index contributed by atoms with van der Waals surface area (Å²) in [6.07, 6.45) is 1.23. The molecule has 1 aromatic heterocycles. The zero-order valence-corrected chi connectivity index (χ0v) is 11.5. The molecule has 11 heteroatoms. The summed E-state index contributed by atoms with van der Waals surface area (Å²) in [4.78, 5) is 33.9. The van der Waals surface area contributed by atoms with Crippen molar-refractivity contribution in [2.45, 2.75) is 6.92 Å².